The first-order chi connectivity index (χ1) is 9.93. The van der Waals surface area contributed by atoms with E-state index in [0.29, 0.717) is 12.2 Å². The monoisotopic (exact) mass is 302 g/mol. The van der Waals surface area contributed by atoms with Gasteiger partial charge in [0.2, 0.25) is 0 Å². The van der Waals surface area contributed by atoms with Crippen LogP contribution in [0.1, 0.15) is 36.2 Å². The molecule has 0 aliphatic carbocycles. The Labute approximate surface area is 118 Å². The van der Waals surface area contributed by atoms with E-state index in [-0.39, 0.29) is 5.56 Å². The predicted octanol–water partition coefficient (Wildman–Crippen LogP) is 3.05. The molecule has 1 heterocycles. The van der Waals surface area contributed by atoms with Crippen molar-refractivity contribution in [1.82, 2.24) is 20.7 Å². The fourth-order valence-electron chi connectivity index (χ4n) is 1.97. The van der Waals surface area contributed by atoms with Crippen molar-refractivity contribution >= 4 is 0 Å². The highest BCUT2D eigenvalue weighted by atomic mass is 19.4. The van der Waals surface area contributed by atoms with E-state index in [0.717, 1.165) is 18.6 Å². The molecule has 0 radical (unpaired) electrons. The van der Waals surface area contributed by atoms with Gasteiger partial charge >= 0.3 is 6.18 Å². The Bertz CT molecular complexity index is 580. The molecule has 1 aromatic carbocycles. The van der Waals surface area contributed by atoms with Crippen LogP contribution in [0.25, 0.3) is 0 Å². The summed E-state index contributed by atoms with van der Waals surface area (Å²) in [6, 6.07) is 2.35. The van der Waals surface area contributed by atoms with E-state index in [9.17, 15) is 17.6 Å². The third-order valence-electron chi connectivity index (χ3n) is 2.96. The summed E-state index contributed by atoms with van der Waals surface area (Å²) in [5.41, 5.74) is -0.555. The lowest BCUT2D eigenvalue weighted by molar-refractivity contribution is -0.140. The molecule has 0 aliphatic rings. The summed E-state index contributed by atoms with van der Waals surface area (Å²) in [6.45, 7) is 2.51. The van der Waals surface area contributed by atoms with Gasteiger partial charge in [0, 0.05) is 0 Å². The average molecular weight is 302 g/mol. The van der Waals surface area contributed by atoms with Crippen LogP contribution in [-0.4, -0.2) is 22.0 Å². The molecule has 0 saturated heterocycles. The maximum atomic E-state index is 13.3. The first-order valence-corrected chi connectivity index (χ1v) is 6.39. The van der Waals surface area contributed by atoms with Gasteiger partial charge in [-0.3, -0.25) is 0 Å². The second-order valence-electron chi connectivity index (χ2n) is 4.52. The Kier molecular flexibility index (Phi) is 4.56. The topological polar surface area (TPSA) is 53.6 Å². The molecule has 1 unspecified atom stereocenters. The van der Waals surface area contributed by atoms with Crippen molar-refractivity contribution in [2.24, 2.45) is 0 Å². The summed E-state index contributed by atoms with van der Waals surface area (Å²) in [7, 11) is 0. The number of hydrogen-bond donors (Lipinski definition) is 2. The second kappa shape index (κ2) is 6.21. The number of hydrogen-bond acceptors (Lipinski definition) is 3. The van der Waals surface area contributed by atoms with Gasteiger partial charge in [0.05, 0.1) is 17.8 Å². The summed E-state index contributed by atoms with van der Waals surface area (Å²) in [5.74, 6) is -1.29. The van der Waals surface area contributed by atoms with Crippen LogP contribution in [0, 0.1) is 5.82 Å². The van der Waals surface area contributed by atoms with Crippen molar-refractivity contribution in [1.29, 1.82) is 0 Å². The minimum Gasteiger partial charge on any atom is -0.305 e. The third kappa shape index (κ3) is 3.57. The van der Waals surface area contributed by atoms with E-state index in [1.807, 2.05) is 6.92 Å². The van der Waals surface area contributed by atoms with E-state index >= 15 is 0 Å². The Morgan fingerprint density at radius 2 is 2.10 bits per heavy atom. The van der Waals surface area contributed by atoms with Gasteiger partial charge in [-0.2, -0.15) is 28.6 Å². The molecule has 21 heavy (non-hydrogen) atoms. The van der Waals surface area contributed by atoms with E-state index in [1.165, 1.54) is 12.3 Å². The number of nitrogens with one attached hydrogen (secondary N) is 2. The van der Waals surface area contributed by atoms with E-state index < -0.39 is 23.6 Å². The zero-order valence-corrected chi connectivity index (χ0v) is 11.2. The summed E-state index contributed by atoms with van der Waals surface area (Å²) >= 11 is 0. The second-order valence-corrected chi connectivity index (χ2v) is 4.52. The molecule has 1 atom stereocenters. The number of aromatic amines is 1. The molecule has 2 N–H and O–H groups in total. The third-order valence-corrected chi connectivity index (χ3v) is 2.96. The van der Waals surface area contributed by atoms with Crippen LogP contribution in [0.2, 0.25) is 0 Å². The number of nitrogens with zero attached hydrogens (tertiary/aromatic N) is 2. The molecule has 2 rings (SSSR count). The lowest BCUT2D eigenvalue weighted by Crippen LogP contribution is -2.24. The number of alkyl halides is 3. The highest BCUT2D eigenvalue weighted by molar-refractivity contribution is 5.33. The Hall–Kier alpha value is -1.96. The zero-order chi connectivity index (χ0) is 15.5. The first kappa shape index (κ1) is 15.4. The number of benzene rings is 1. The van der Waals surface area contributed by atoms with Crippen LogP contribution in [0.15, 0.2) is 24.4 Å². The van der Waals surface area contributed by atoms with E-state index in [4.69, 9.17) is 0 Å². The number of halogens is 4. The SMILES string of the molecule is CCCNC(c1ccc(F)c(C(F)(F)F)c1)c1cn[nH]n1. The van der Waals surface area contributed by atoms with Crippen molar-refractivity contribution in [3.8, 4) is 0 Å². The van der Waals surface area contributed by atoms with Gasteiger partial charge in [-0.1, -0.05) is 13.0 Å². The Morgan fingerprint density at radius 1 is 1.33 bits per heavy atom. The summed E-state index contributed by atoms with van der Waals surface area (Å²) in [6.07, 6.45) is -2.52. The molecule has 1 aromatic heterocycles. The van der Waals surface area contributed by atoms with Crippen molar-refractivity contribution in [3.05, 3.63) is 47.0 Å². The molecule has 2 aromatic rings. The summed E-state index contributed by atoms with van der Waals surface area (Å²) in [4.78, 5) is 0. The van der Waals surface area contributed by atoms with Gasteiger partial charge in [0.25, 0.3) is 0 Å². The smallest absolute Gasteiger partial charge is 0.305 e. The number of aromatic nitrogens is 3. The quantitative estimate of drug-likeness (QED) is 0.835. The van der Waals surface area contributed by atoms with Crippen LogP contribution < -0.4 is 5.32 Å². The lowest BCUT2D eigenvalue weighted by Gasteiger charge is -2.18. The molecule has 0 saturated carbocycles. The summed E-state index contributed by atoms with van der Waals surface area (Å²) in [5, 5.41) is 13.0. The maximum Gasteiger partial charge on any atom is 0.419 e. The molecular weight excluding hydrogens is 288 g/mol. The molecule has 4 nitrogen and oxygen atoms in total. The standard InChI is InChI=1S/C13H14F4N4/c1-2-5-18-12(11-7-19-21-20-11)8-3-4-10(14)9(6-8)13(15,16)17/h3-4,6-7,12,18H,2,5H2,1H3,(H,19,20,21). The van der Waals surface area contributed by atoms with Crippen LogP contribution in [0.3, 0.4) is 0 Å². The van der Waals surface area contributed by atoms with Crippen molar-refractivity contribution in [3.63, 3.8) is 0 Å². The zero-order valence-electron chi connectivity index (χ0n) is 11.2. The molecule has 0 spiro atoms. The average Bonchev–Trinajstić information content (AvgIpc) is 2.93. The fraction of sp³-hybridized carbons (Fsp3) is 0.385. The van der Waals surface area contributed by atoms with Crippen LogP contribution in [0.4, 0.5) is 17.6 Å². The van der Waals surface area contributed by atoms with Crippen LogP contribution >= 0.6 is 0 Å². The Morgan fingerprint density at radius 3 is 2.67 bits per heavy atom. The first-order valence-electron chi connectivity index (χ1n) is 6.39. The van der Waals surface area contributed by atoms with Gasteiger partial charge in [-0.25, -0.2) is 4.39 Å². The molecule has 0 fully saturated rings. The predicted molar refractivity (Wildman–Crippen MR) is 67.9 cm³/mol. The van der Waals surface area contributed by atoms with Crippen LogP contribution in [0.5, 0.6) is 0 Å². The van der Waals surface area contributed by atoms with E-state index in [2.05, 4.69) is 20.7 Å². The molecule has 0 aliphatic heterocycles. The van der Waals surface area contributed by atoms with Gasteiger partial charge in [0.15, 0.2) is 0 Å². The van der Waals surface area contributed by atoms with Gasteiger partial charge in [0.1, 0.15) is 11.5 Å². The molecule has 8 heteroatoms. The van der Waals surface area contributed by atoms with Crippen molar-refractivity contribution in [2.45, 2.75) is 25.6 Å². The minimum atomic E-state index is -4.74. The van der Waals surface area contributed by atoms with Gasteiger partial charge < -0.3 is 5.32 Å². The summed E-state index contributed by atoms with van der Waals surface area (Å²) < 4.78 is 51.7. The molecule has 114 valence electrons. The lowest BCUT2D eigenvalue weighted by atomic mass is 10.0. The maximum absolute atomic E-state index is 13.3. The Balaban J connectivity index is 2.41. The molecular formula is C13H14F4N4. The van der Waals surface area contributed by atoms with E-state index in [1.54, 1.807) is 0 Å². The highest BCUT2D eigenvalue weighted by Crippen LogP contribution is 2.33. The minimum absolute atomic E-state index is 0.283. The molecule has 0 bridgehead atoms. The van der Waals surface area contributed by atoms with Gasteiger partial charge in [-0.05, 0) is 30.7 Å². The molecule has 0 amide bonds. The van der Waals surface area contributed by atoms with Crippen molar-refractivity contribution < 1.29 is 17.6 Å². The normalized spacial score (nSPS) is 13.4. The number of H-pyrrole nitrogens is 1. The van der Waals surface area contributed by atoms with Crippen molar-refractivity contribution in [2.75, 3.05) is 6.54 Å². The highest BCUT2D eigenvalue weighted by Gasteiger charge is 2.35. The fourth-order valence-corrected chi connectivity index (χ4v) is 1.97. The van der Waals surface area contributed by atoms with Gasteiger partial charge in [-0.15, -0.1) is 0 Å². The van der Waals surface area contributed by atoms with Crippen LogP contribution in [-0.2, 0) is 6.18 Å². The largest absolute Gasteiger partial charge is 0.419 e. The number of rotatable bonds is 5.